The molecular formula is C24H29NO. The smallest absolute Gasteiger partial charge is 0.123 e. The van der Waals surface area contributed by atoms with Crippen LogP contribution in [0.15, 0.2) is 53.6 Å². The average Bonchev–Trinajstić information content (AvgIpc) is 2.97. The van der Waals surface area contributed by atoms with Crippen molar-refractivity contribution in [1.29, 1.82) is 0 Å². The molecule has 3 rings (SSSR count). The first-order valence-corrected chi connectivity index (χ1v) is 9.36. The van der Waals surface area contributed by atoms with Gasteiger partial charge in [-0.05, 0) is 71.2 Å². The maximum Gasteiger partial charge on any atom is 0.123 e. The van der Waals surface area contributed by atoms with Gasteiger partial charge in [-0.3, -0.25) is 0 Å². The van der Waals surface area contributed by atoms with Gasteiger partial charge in [0.25, 0.3) is 0 Å². The molecule has 26 heavy (non-hydrogen) atoms. The lowest BCUT2D eigenvalue weighted by Gasteiger charge is -2.10. The van der Waals surface area contributed by atoms with Gasteiger partial charge in [0.1, 0.15) is 5.75 Å². The highest BCUT2D eigenvalue weighted by atomic mass is 16.5. The van der Waals surface area contributed by atoms with Crippen LogP contribution in [-0.2, 0) is 6.42 Å². The molecule has 0 aliphatic rings. The van der Waals surface area contributed by atoms with Gasteiger partial charge < -0.3 is 9.72 Å². The predicted octanol–water partition coefficient (Wildman–Crippen LogP) is 6.87. The summed E-state index contributed by atoms with van der Waals surface area (Å²) in [7, 11) is 1.76. The number of nitrogens with one attached hydrogen (secondary N) is 1. The van der Waals surface area contributed by atoms with E-state index in [1.165, 1.54) is 44.1 Å². The molecule has 1 N–H and O–H groups in total. The molecule has 0 spiro atoms. The lowest BCUT2D eigenvalue weighted by Crippen LogP contribution is -1.93. The summed E-state index contributed by atoms with van der Waals surface area (Å²) in [6.45, 7) is 8.68. The number of rotatable bonds is 6. The quantitative estimate of drug-likeness (QED) is 0.483. The summed E-state index contributed by atoms with van der Waals surface area (Å²) < 4.78 is 5.69. The van der Waals surface area contributed by atoms with Gasteiger partial charge >= 0.3 is 0 Å². The number of H-pyrrole nitrogens is 1. The van der Waals surface area contributed by atoms with Gasteiger partial charge in [0, 0.05) is 27.4 Å². The van der Waals surface area contributed by atoms with Gasteiger partial charge in [0.05, 0.1) is 7.11 Å². The molecule has 0 amide bonds. The molecule has 2 nitrogen and oxygen atoms in total. The number of methoxy groups -OCH3 is 1. The first-order valence-electron chi connectivity index (χ1n) is 9.36. The van der Waals surface area contributed by atoms with Crippen molar-refractivity contribution < 1.29 is 4.74 Å². The monoisotopic (exact) mass is 347 g/mol. The molecule has 0 saturated carbocycles. The second-order valence-electron chi connectivity index (χ2n) is 7.42. The Bertz CT molecular complexity index is 984. The molecule has 0 saturated heterocycles. The van der Waals surface area contributed by atoms with E-state index in [-0.39, 0.29) is 0 Å². The minimum atomic E-state index is 0.891. The van der Waals surface area contributed by atoms with E-state index in [4.69, 9.17) is 4.74 Å². The summed E-state index contributed by atoms with van der Waals surface area (Å²) in [5.74, 6) is 0.966. The van der Waals surface area contributed by atoms with Crippen LogP contribution in [0.25, 0.3) is 21.8 Å². The number of hydrogen-bond donors (Lipinski definition) is 1. The molecule has 3 aromatic rings. The number of hydrogen-bond acceptors (Lipinski definition) is 1. The van der Waals surface area contributed by atoms with Crippen LogP contribution < -0.4 is 4.74 Å². The Labute approximate surface area is 156 Å². The Morgan fingerprint density at radius 3 is 2.54 bits per heavy atom. The first-order chi connectivity index (χ1) is 12.5. The summed E-state index contributed by atoms with van der Waals surface area (Å²) in [4.78, 5) is 3.55. The maximum absolute atomic E-state index is 5.69. The maximum atomic E-state index is 5.69. The Hall–Kier alpha value is -2.48. The molecule has 136 valence electrons. The third-order valence-corrected chi connectivity index (χ3v) is 4.95. The zero-order valence-corrected chi connectivity index (χ0v) is 16.6. The molecule has 0 atom stereocenters. The highest BCUT2D eigenvalue weighted by Gasteiger charge is 2.13. The van der Waals surface area contributed by atoms with Crippen molar-refractivity contribution in [1.82, 2.24) is 4.98 Å². The van der Waals surface area contributed by atoms with Crippen LogP contribution in [0.2, 0.25) is 0 Å². The van der Waals surface area contributed by atoms with Crippen molar-refractivity contribution in [2.75, 3.05) is 7.11 Å². The lowest BCUT2D eigenvalue weighted by atomic mass is 9.99. The van der Waals surface area contributed by atoms with Crippen LogP contribution in [0.5, 0.6) is 5.75 Å². The zero-order chi connectivity index (χ0) is 18.7. The van der Waals surface area contributed by atoms with Crippen LogP contribution in [0.1, 0.15) is 44.7 Å². The van der Waals surface area contributed by atoms with Crippen LogP contribution in [0.4, 0.5) is 0 Å². The third-order valence-electron chi connectivity index (χ3n) is 4.95. The van der Waals surface area contributed by atoms with E-state index in [2.05, 4.69) is 75.2 Å². The van der Waals surface area contributed by atoms with Crippen LogP contribution >= 0.6 is 0 Å². The second-order valence-corrected chi connectivity index (χ2v) is 7.42. The van der Waals surface area contributed by atoms with Gasteiger partial charge in [-0.1, -0.05) is 34.9 Å². The molecule has 0 unspecified atom stereocenters. The van der Waals surface area contributed by atoms with Crippen LogP contribution in [0, 0.1) is 6.92 Å². The van der Waals surface area contributed by atoms with Crippen LogP contribution in [-0.4, -0.2) is 12.1 Å². The largest absolute Gasteiger partial charge is 0.496 e. The van der Waals surface area contributed by atoms with Gasteiger partial charge in [-0.25, -0.2) is 0 Å². The highest BCUT2D eigenvalue weighted by molar-refractivity contribution is 6.10. The second kappa shape index (κ2) is 7.82. The molecule has 2 heteroatoms. The molecule has 0 radical (unpaired) electrons. The molecule has 2 aromatic carbocycles. The molecule has 0 aliphatic heterocycles. The van der Waals surface area contributed by atoms with E-state index < -0.39 is 0 Å². The van der Waals surface area contributed by atoms with Gasteiger partial charge in [0.15, 0.2) is 0 Å². The van der Waals surface area contributed by atoms with Crippen LogP contribution in [0.3, 0.4) is 0 Å². The van der Waals surface area contributed by atoms with Crippen molar-refractivity contribution in [3.63, 3.8) is 0 Å². The normalized spacial score (nSPS) is 12.0. The minimum absolute atomic E-state index is 0.891. The Morgan fingerprint density at radius 2 is 1.81 bits per heavy atom. The van der Waals surface area contributed by atoms with E-state index in [0.717, 1.165) is 25.0 Å². The Balaban J connectivity index is 2.01. The van der Waals surface area contributed by atoms with Crippen molar-refractivity contribution in [3.8, 4) is 5.75 Å². The van der Waals surface area contributed by atoms with Crippen molar-refractivity contribution >= 4 is 21.8 Å². The van der Waals surface area contributed by atoms with E-state index >= 15 is 0 Å². The summed E-state index contributed by atoms with van der Waals surface area (Å²) in [6, 6.07) is 10.8. The van der Waals surface area contributed by atoms with E-state index in [1.54, 1.807) is 7.11 Å². The molecule has 1 heterocycles. The summed E-state index contributed by atoms with van der Waals surface area (Å²) in [5, 5.41) is 2.57. The fourth-order valence-corrected chi connectivity index (χ4v) is 3.52. The molecule has 1 aromatic heterocycles. The molecule has 0 bridgehead atoms. The van der Waals surface area contributed by atoms with Crippen molar-refractivity contribution in [2.45, 2.75) is 47.0 Å². The summed E-state index contributed by atoms with van der Waals surface area (Å²) in [6.07, 6.45) is 7.77. The standard InChI is InChI=1S/C24H29NO/c1-16(2)7-6-8-17(3)9-11-19-23(26-5)14-13-22-24(19)20-15-18(4)10-12-21(20)25-22/h7,9-10,12-15,25H,6,8,11H2,1-5H3/b17-9+. The average molecular weight is 348 g/mol. The van der Waals surface area contributed by atoms with E-state index in [0.29, 0.717) is 0 Å². The summed E-state index contributed by atoms with van der Waals surface area (Å²) in [5.41, 5.74) is 7.72. The Kier molecular flexibility index (Phi) is 5.51. The highest BCUT2D eigenvalue weighted by Crippen LogP contribution is 2.35. The molecule has 0 aliphatic carbocycles. The number of aryl methyl sites for hydroxylation is 1. The Morgan fingerprint density at radius 1 is 1.04 bits per heavy atom. The SMILES string of the molecule is COc1ccc2[nH]c3ccc(C)cc3c2c1C/C=C(\C)CCC=C(C)C. The van der Waals surface area contributed by atoms with E-state index in [9.17, 15) is 0 Å². The van der Waals surface area contributed by atoms with Gasteiger partial charge in [0.2, 0.25) is 0 Å². The third kappa shape index (κ3) is 3.85. The van der Waals surface area contributed by atoms with E-state index in [1.807, 2.05) is 0 Å². The first kappa shape index (κ1) is 18.3. The lowest BCUT2D eigenvalue weighted by molar-refractivity contribution is 0.411. The topological polar surface area (TPSA) is 25.0 Å². The number of aromatic amines is 1. The van der Waals surface area contributed by atoms with Crippen molar-refractivity contribution in [2.24, 2.45) is 0 Å². The van der Waals surface area contributed by atoms with Crippen molar-refractivity contribution in [3.05, 3.63) is 64.8 Å². The number of fused-ring (bicyclic) bond motifs is 3. The fraction of sp³-hybridized carbons (Fsp3) is 0.333. The summed E-state index contributed by atoms with van der Waals surface area (Å²) >= 11 is 0. The number of ether oxygens (including phenoxy) is 1. The van der Waals surface area contributed by atoms with Gasteiger partial charge in [-0.15, -0.1) is 0 Å². The zero-order valence-electron chi connectivity index (χ0n) is 16.6. The predicted molar refractivity (Wildman–Crippen MR) is 113 cm³/mol. The number of aromatic nitrogens is 1. The number of allylic oxidation sites excluding steroid dienone is 4. The minimum Gasteiger partial charge on any atom is -0.496 e. The molecular weight excluding hydrogens is 318 g/mol. The number of benzene rings is 2. The molecule has 0 fully saturated rings. The van der Waals surface area contributed by atoms with Gasteiger partial charge in [-0.2, -0.15) is 0 Å². The fourth-order valence-electron chi connectivity index (χ4n) is 3.52.